The third-order valence-corrected chi connectivity index (χ3v) is 3.84. The lowest BCUT2D eigenvalue weighted by Gasteiger charge is -2.10. The molecule has 2 N–H and O–H groups in total. The number of amides is 2. The number of rotatable bonds is 7. The summed E-state index contributed by atoms with van der Waals surface area (Å²) >= 11 is 0. The summed E-state index contributed by atoms with van der Waals surface area (Å²) in [4.78, 5) is 34.6. The van der Waals surface area contributed by atoms with Crippen LogP contribution in [-0.4, -0.2) is 37.8 Å². The third kappa shape index (κ3) is 4.92. The number of hydrogen-bond donors (Lipinski definition) is 2. The van der Waals surface area contributed by atoms with E-state index >= 15 is 0 Å². The van der Waals surface area contributed by atoms with Crippen LogP contribution >= 0.6 is 0 Å². The van der Waals surface area contributed by atoms with Gasteiger partial charge in [-0.25, -0.2) is 0 Å². The molecule has 2 rings (SSSR count). The van der Waals surface area contributed by atoms with Gasteiger partial charge in [-0.15, -0.1) is 0 Å². The molecule has 0 aliphatic rings. The molecule has 2 aromatic rings. The van der Waals surface area contributed by atoms with E-state index < -0.39 is 0 Å². The largest absolute Gasteiger partial charge is 0.496 e. The Morgan fingerprint density at radius 1 is 0.885 bits per heavy atom. The van der Waals surface area contributed by atoms with Crippen LogP contribution in [0.3, 0.4) is 0 Å². The highest BCUT2D eigenvalue weighted by Gasteiger charge is 2.11. The molecule has 0 aliphatic carbocycles. The molecule has 0 saturated carbocycles. The van der Waals surface area contributed by atoms with Crippen LogP contribution in [0.25, 0.3) is 11.1 Å². The average molecular weight is 354 g/mol. The SMILES string of the molecule is COc1ccc(-c2ccc(C(=O)NCCNC(C)=O)cc2)cc1C(C)=O. The van der Waals surface area contributed by atoms with Crippen LogP contribution in [-0.2, 0) is 4.79 Å². The molecular weight excluding hydrogens is 332 g/mol. The summed E-state index contributed by atoms with van der Waals surface area (Å²) in [7, 11) is 1.53. The van der Waals surface area contributed by atoms with Crippen molar-refractivity contribution in [1.29, 1.82) is 0 Å². The van der Waals surface area contributed by atoms with Crippen molar-refractivity contribution in [2.24, 2.45) is 0 Å². The zero-order chi connectivity index (χ0) is 19.1. The third-order valence-electron chi connectivity index (χ3n) is 3.84. The highest BCUT2D eigenvalue weighted by Crippen LogP contribution is 2.27. The number of hydrogen-bond acceptors (Lipinski definition) is 4. The summed E-state index contributed by atoms with van der Waals surface area (Å²) in [6.45, 7) is 3.67. The highest BCUT2D eigenvalue weighted by atomic mass is 16.5. The number of ether oxygens (including phenoxy) is 1. The first-order valence-corrected chi connectivity index (χ1v) is 8.24. The second-order valence-electron chi connectivity index (χ2n) is 5.79. The van der Waals surface area contributed by atoms with E-state index in [0.717, 1.165) is 11.1 Å². The Hall–Kier alpha value is -3.15. The van der Waals surface area contributed by atoms with E-state index in [9.17, 15) is 14.4 Å². The van der Waals surface area contributed by atoms with Gasteiger partial charge < -0.3 is 15.4 Å². The summed E-state index contributed by atoms with van der Waals surface area (Å²) in [5, 5.41) is 5.35. The minimum absolute atomic E-state index is 0.0705. The van der Waals surface area contributed by atoms with Crippen molar-refractivity contribution in [3.8, 4) is 16.9 Å². The monoisotopic (exact) mass is 354 g/mol. The molecule has 0 aromatic heterocycles. The Balaban J connectivity index is 2.09. The van der Waals surface area contributed by atoms with Gasteiger partial charge in [0.2, 0.25) is 5.91 Å². The van der Waals surface area contributed by atoms with Crippen molar-refractivity contribution in [2.45, 2.75) is 13.8 Å². The number of carbonyl (C=O) groups is 3. The Morgan fingerprint density at radius 3 is 2.08 bits per heavy atom. The van der Waals surface area contributed by atoms with Crippen LogP contribution < -0.4 is 15.4 Å². The first kappa shape index (κ1) is 19.2. The summed E-state index contributed by atoms with van der Waals surface area (Å²) in [6.07, 6.45) is 0. The predicted molar refractivity (Wildman–Crippen MR) is 99.5 cm³/mol. The zero-order valence-electron chi connectivity index (χ0n) is 15.1. The molecule has 2 amide bonds. The van der Waals surface area contributed by atoms with Gasteiger partial charge >= 0.3 is 0 Å². The van der Waals surface area contributed by atoms with Gasteiger partial charge in [0, 0.05) is 25.6 Å². The van der Waals surface area contributed by atoms with Gasteiger partial charge in [0.15, 0.2) is 5.78 Å². The molecule has 6 nitrogen and oxygen atoms in total. The molecule has 0 atom stereocenters. The van der Waals surface area contributed by atoms with Crippen molar-refractivity contribution < 1.29 is 19.1 Å². The van der Waals surface area contributed by atoms with Crippen LogP contribution in [0.15, 0.2) is 42.5 Å². The first-order valence-electron chi connectivity index (χ1n) is 8.24. The number of nitrogens with one attached hydrogen (secondary N) is 2. The molecule has 0 bridgehead atoms. The van der Waals surface area contributed by atoms with E-state index in [1.54, 1.807) is 24.3 Å². The standard InChI is InChI=1S/C20H22N2O4/c1-13(23)18-12-17(8-9-19(18)26-3)15-4-6-16(7-5-15)20(25)22-11-10-21-14(2)24/h4-9,12H,10-11H2,1-3H3,(H,21,24)(H,22,25). The van der Waals surface area contributed by atoms with E-state index in [2.05, 4.69) is 10.6 Å². The summed E-state index contributed by atoms with van der Waals surface area (Å²) < 4.78 is 5.21. The van der Waals surface area contributed by atoms with Gasteiger partial charge in [0.25, 0.3) is 5.91 Å². The first-order chi connectivity index (χ1) is 12.4. The van der Waals surface area contributed by atoms with Gasteiger partial charge in [0.05, 0.1) is 12.7 Å². The second-order valence-corrected chi connectivity index (χ2v) is 5.79. The highest BCUT2D eigenvalue weighted by molar-refractivity contribution is 5.98. The van der Waals surface area contributed by atoms with E-state index in [1.165, 1.54) is 21.0 Å². The fraction of sp³-hybridized carbons (Fsp3) is 0.250. The number of Topliss-reactive ketones (excluding diaryl/α,β-unsaturated/α-hetero) is 1. The van der Waals surface area contributed by atoms with Gasteiger partial charge in [0.1, 0.15) is 5.75 Å². The van der Waals surface area contributed by atoms with Gasteiger partial charge in [-0.2, -0.15) is 0 Å². The lowest BCUT2D eigenvalue weighted by atomic mass is 9.99. The smallest absolute Gasteiger partial charge is 0.251 e. The van der Waals surface area contributed by atoms with Gasteiger partial charge in [-0.1, -0.05) is 18.2 Å². The van der Waals surface area contributed by atoms with E-state index in [1.807, 2.05) is 18.2 Å². The molecule has 0 unspecified atom stereocenters. The van der Waals surface area contributed by atoms with Crippen molar-refractivity contribution in [3.63, 3.8) is 0 Å². The number of ketones is 1. The molecule has 0 radical (unpaired) electrons. The van der Waals surface area contributed by atoms with Crippen LogP contribution in [0.4, 0.5) is 0 Å². The molecule has 0 spiro atoms. The van der Waals surface area contributed by atoms with Crippen LogP contribution in [0, 0.1) is 0 Å². The van der Waals surface area contributed by atoms with E-state index in [0.29, 0.717) is 30.0 Å². The molecular formula is C20H22N2O4. The number of methoxy groups -OCH3 is 1. The Bertz CT molecular complexity index is 813. The second kappa shape index (κ2) is 8.80. The lowest BCUT2D eigenvalue weighted by Crippen LogP contribution is -2.33. The Morgan fingerprint density at radius 2 is 1.50 bits per heavy atom. The van der Waals surface area contributed by atoms with Crippen molar-refractivity contribution in [2.75, 3.05) is 20.2 Å². The molecule has 0 heterocycles. The van der Waals surface area contributed by atoms with Gasteiger partial charge in [-0.3, -0.25) is 14.4 Å². The number of benzene rings is 2. The summed E-state index contributed by atoms with van der Waals surface area (Å²) in [5.41, 5.74) is 2.81. The summed E-state index contributed by atoms with van der Waals surface area (Å²) in [5.74, 6) is 0.129. The maximum atomic E-state index is 12.1. The van der Waals surface area contributed by atoms with Crippen LogP contribution in [0.2, 0.25) is 0 Å². The minimum Gasteiger partial charge on any atom is -0.496 e. The maximum Gasteiger partial charge on any atom is 0.251 e. The van der Waals surface area contributed by atoms with Crippen LogP contribution in [0.5, 0.6) is 5.75 Å². The molecule has 0 saturated heterocycles. The van der Waals surface area contributed by atoms with Crippen molar-refractivity contribution in [3.05, 3.63) is 53.6 Å². The molecule has 0 aliphatic heterocycles. The quantitative estimate of drug-likeness (QED) is 0.591. The van der Waals surface area contributed by atoms with Crippen LogP contribution in [0.1, 0.15) is 34.6 Å². The molecule has 2 aromatic carbocycles. The molecule has 0 fully saturated rings. The normalized spacial score (nSPS) is 10.1. The topological polar surface area (TPSA) is 84.5 Å². The minimum atomic E-state index is -0.207. The fourth-order valence-electron chi connectivity index (χ4n) is 2.49. The maximum absolute atomic E-state index is 12.1. The summed E-state index contributed by atoms with van der Waals surface area (Å²) in [6, 6.07) is 12.5. The van der Waals surface area contributed by atoms with Crippen molar-refractivity contribution >= 4 is 17.6 Å². The van der Waals surface area contributed by atoms with Gasteiger partial charge in [-0.05, 0) is 42.3 Å². The van der Waals surface area contributed by atoms with Crippen molar-refractivity contribution in [1.82, 2.24) is 10.6 Å². The lowest BCUT2D eigenvalue weighted by molar-refractivity contribution is -0.118. The molecule has 26 heavy (non-hydrogen) atoms. The average Bonchev–Trinajstić information content (AvgIpc) is 2.64. The molecule has 6 heteroatoms. The Kier molecular flexibility index (Phi) is 6.49. The van der Waals surface area contributed by atoms with E-state index in [-0.39, 0.29) is 17.6 Å². The predicted octanol–water partition coefficient (Wildman–Crippen LogP) is 2.43. The zero-order valence-corrected chi connectivity index (χ0v) is 15.1. The molecule has 136 valence electrons. The number of carbonyl (C=O) groups excluding carboxylic acids is 3. The van der Waals surface area contributed by atoms with E-state index in [4.69, 9.17) is 4.74 Å². The fourth-order valence-corrected chi connectivity index (χ4v) is 2.49. The Labute approximate surface area is 152 Å².